The molecule has 1 N–H and O–H groups in total. The van der Waals surface area contributed by atoms with Crippen molar-refractivity contribution < 1.29 is 4.79 Å². The van der Waals surface area contributed by atoms with Crippen LogP contribution >= 0.6 is 11.3 Å². The minimum absolute atomic E-state index is 0.0771. The first kappa shape index (κ1) is 20.1. The van der Waals surface area contributed by atoms with Gasteiger partial charge in [0.25, 0.3) is 11.5 Å². The molecule has 5 rings (SSSR count). The number of aromatic nitrogens is 3. The van der Waals surface area contributed by atoms with Gasteiger partial charge in [-0.1, -0.05) is 12.1 Å². The number of hydrogen-bond donors (Lipinski definition) is 1. The highest BCUT2D eigenvalue weighted by molar-refractivity contribution is 7.09. The summed E-state index contributed by atoms with van der Waals surface area (Å²) in [4.78, 5) is 43.6. The fourth-order valence-electron chi connectivity index (χ4n) is 4.51. The molecule has 8 heteroatoms. The van der Waals surface area contributed by atoms with Gasteiger partial charge in [-0.2, -0.15) is 0 Å². The minimum Gasteiger partial charge on any atom is -0.327 e. The molecule has 0 unspecified atom stereocenters. The second-order valence-electron chi connectivity index (χ2n) is 8.14. The number of thiophene rings is 1. The lowest BCUT2D eigenvalue weighted by Gasteiger charge is -2.35. The predicted octanol–water partition coefficient (Wildman–Crippen LogP) is 3.15. The van der Waals surface area contributed by atoms with E-state index in [4.69, 9.17) is 4.98 Å². The molecule has 7 nitrogen and oxygen atoms in total. The lowest BCUT2D eigenvalue weighted by atomic mass is 9.99. The van der Waals surface area contributed by atoms with Crippen molar-refractivity contribution in [1.29, 1.82) is 0 Å². The Morgan fingerprint density at radius 1 is 1.19 bits per heavy atom. The average molecular weight is 436 g/mol. The van der Waals surface area contributed by atoms with Crippen molar-refractivity contribution in [3.05, 3.63) is 79.9 Å². The highest BCUT2D eigenvalue weighted by Gasteiger charge is 2.32. The van der Waals surface area contributed by atoms with Gasteiger partial charge in [0.2, 0.25) is 0 Å². The Morgan fingerprint density at radius 2 is 2.13 bits per heavy atom. The normalized spacial score (nSPS) is 19.2. The molecule has 2 aliphatic heterocycles. The first-order valence-electron chi connectivity index (χ1n) is 10.8. The summed E-state index contributed by atoms with van der Waals surface area (Å²) in [5, 5.41) is 2.08. The Hall–Kier alpha value is -2.84. The van der Waals surface area contributed by atoms with Crippen LogP contribution in [0.1, 0.15) is 57.8 Å². The fourth-order valence-corrected chi connectivity index (χ4v) is 5.26. The van der Waals surface area contributed by atoms with Gasteiger partial charge in [-0.15, -0.1) is 11.3 Å². The molecule has 3 aromatic rings. The number of fused-ring (bicyclic) bond motifs is 1. The van der Waals surface area contributed by atoms with Crippen LogP contribution in [0.5, 0.6) is 0 Å². The van der Waals surface area contributed by atoms with Crippen LogP contribution in [0.4, 0.5) is 0 Å². The number of rotatable bonds is 4. The van der Waals surface area contributed by atoms with Crippen LogP contribution in [0.2, 0.25) is 0 Å². The van der Waals surface area contributed by atoms with E-state index in [0.717, 1.165) is 50.0 Å². The predicted molar refractivity (Wildman–Crippen MR) is 119 cm³/mol. The van der Waals surface area contributed by atoms with Gasteiger partial charge in [-0.25, -0.2) is 4.98 Å². The molecule has 1 atom stereocenters. The van der Waals surface area contributed by atoms with Gasteiger partial charge in [0.05, 0.1) is 17.3 Å². The third-order valence-electron chi connectivity index (χ3n) is 6.09. The number of hydrogen-bond acceptors (Lipinski definition) is 6. The van der Waals surface area contributed by atoms with Crippen LogP contribution in [0, 0.1) is 0 Å². The van der Waals surface area contributed by atoms with E-state index in [9.17, 15) is 9.59 Å². The topological polar surface area (TPSA) is 82.2 Å². The molecule has 0 bridgehead atoms. The Morgan fingerprint density at radius 3 is 2.94 bits per heavy atom. The lowest BCUT2D eigenvalue weighted by molar-refractivity contribution is 0.0592. The molecular weight excluding hydrogens is 410 g/mol. The largest absolute Gasteiger partial charge is 0.327 e. The van der Waals surface area contributed by atoms with Gasteiger partial charge in [0.1, 0.15) is 11.5 Å². The van der Waals surface area contributed by atoms with E-state index < -0.39 is 0 Å². The zero-order valence-electron chi connectivity index (χ0n) is 17.3. The number of piperidine rings is 1. The fraction of sp³-hybridized carbons (Fsp3) is 0.391. The summed E-state index contributed by atoms with van der Waals surface area (Å²) in [7, 11) is 0. The molecule has 2 aliphatic rings. The van der Waals surface area contributed by atoms with Crippen molar-refractivity contribution in [1.82, 2.24) is 24.8 Å². The van der Waals surface area contributed by atoms with E-state index in [2.05, 4.69) is 32.4 Å². The van der Waals surface area contributed by atoms with E-state index >= 15 is 0 Å². The van der Waals surface area contributed by atoms with Gasteiger partial charge in [0, 0.05) is 43.7 Å². The number of amides is 1. The Kier molecular flexibility index (Phi) is 5.65. The monoisotopic (exact) mass is 435 g/mol. The molecule has 1 fully saturated rings. The maximum atomic E-state index is 13.1. The third-order valence-corrected chi connectivity index (χ3v) is 6.95. The Balaban J connectivity index is 1.39. The second kappa shape index (κ2) is 8.72. The molecule has 0 aromatic carbocycles. The zero-order chi connectivity index (χ0) is 21.2. The van der Waals surface area contributed by atoms with Crippen LogP contribution in [0.15, 0.2) is 46.7 Å². The van der Waals surface area contributed by atoms with Crippen molar-refractivity contribution in [2.45, 2.75) is 44.8 Å². The van der Waals surface area contributed by atoms with Crippen LogP contribution < -0.4 is 5.56 Å². The smallest absolute Gasteiger partial charge is 0.273 e. The molecule has 0 radical (unpaired) electrons. The average Bonchev–Trinajstić information content (AvgIpc) is 3.32. The summed E-state index contributed by atoms with van der Waals surface area (Å²) in [5.41, 5.74) is 1.98. The maximum absolute atomic E-state index is 13.1. The highest BCUT2D eigenvalue weighted by Crippen LogP contribution is 2.30. The minimum atomic E-state index is -0.217. The molecule has 1 amide bonds. The van der Waals surface area contributed by atoms with Gasteiger partial charge in [0.15, 0.2) is 0 Å². The van der Waals surface area contributed by atoms with E-state index in [1.807, 2.05) is 11.0 Å². The van der Waals surface area contributed by atoms with Crippen LogP contribution in [0.3, 0.4) is 0 Å². The molecule has 3 aromatic heterocycles. The van der Waals surface area contributed by atoms with Crippen LogP contribution in [0.25, 0.3) is 0 Å². The van der Waals surface area contributed by atoms with E-state index in [-0.39, 0.29) is 17.5 Å². The summed E-state index contributed by atoms with van der Waals surface area (Å²) in [5.74, 6) is 0.507. The van der Waals surface area contributed by atoms with Crippen molar-refractivity contribution in [2.75, 3.05) is 13.1 Å². The SMILES string of the molecule is O=C(c1ccccn1)N1CCCC[C@H]1c1nc2c(c(=O)[nH]1)CN(Cc1cccs1)CC2. The molecular formula is C23H25N5O2S. The zero-order valence-corrected chi connectivity index (χ0v) is 18.1. The third kappa shape index (κ3) is 4.18. The number of pyridine rings is 1. The van der Waals surface area contributed by atoms with E-state index in [0.29, 0.717) is 24.6 Å². The lowest BCUT2D eigenvalue weighted by Crippen LogP contribution is -2.41. The van der Waals surface area contributed by atoms with Gasteiger partial charge >= 0.3 is 0 Å². The number of nitrogens with one attached hydrogen (secondary N) is 1. The van der Waals surface area contributed by atoms with Gasteiger partial charge < -0.3 is 9.88 Å². The number of carbonyl (C=O) groups is 1. The summed E-state index contributed by atoms with van der Waals surface area (Å²) >= 11 is 1.74. The molecule has 31 heavy (non-hydrogen) atoms. The second-order valence-corrected chi connectivity index (χ2v) is 9.17. The van der Waals surface area contributed by atoms with Crippen molar-refractivity contribution in [2.24, 2.45) is 0 Å². The van der Waals surface area contributed by atoms with Gasteiger partial charge in [-0.05, 0) is 42.8 Å². The van der Waals surface area contributed by atoms with Crippen molar-refractivity contribution >= 4 is 17.2 Å². The van der Waals surface area contributed by atoms with Crippen molar-refractivity contribution in [3.8, 4) is 0 Å². The molecule has 5 heterocycles. The summed E-state index contributed by atoms with van der Waals surface area (Å²) in [6, 6.07) is 9.32. The summed E-state index contributed by atoms with van der Waals surface area (Å²) in [6.07, 6.45) is 5.13. The molecule has 0 saturated carbocycles. The Labute approximate surface area is 184 Å². The summed E-state index contributed by atoms with van der Waals surface area (Å²) < 4.78 is 0. The van der Waals surface area contributed by atoms with E-state index in [1.54, 1.807) is 29.7 Å². The highest BCUT2D eigenvalue weighted by atomic mass is 32.1. The van der Waals surface area contributed by atoms with E-state index in [1.165, 1.54) is 4.88 Å². The summed E-state index contributed by atoms with van der Waals surface area (Å²) in [6.45, 7) is 2.99. The first-order valence-corrected chi connectivity index (χ1v) is 11.7. The molecule has 160 valence electrons. The molecule has 0 spiro atoms. The number of H-pyrrole nitrogens is 1. The standard InChI is InChI=1S/C23H25N5O2S/c29-22-17-15-27(14-16-6-5-13-31-16)12-9-18(17)25-21(26-22)20-8-2-4-11-28(20)23(30)19-7-1-3-10-24-19/h1,3,5-7,10,13,20H,2,4,8-9,11-12,14-15H2,(H,25,26,29)/t20-/m0/s1. The van der Waals surface area contributed by atoms with Crippen molar-refractivity contribution in [3.63, 3.8) is 0 Å². The Bertz CT molecular complexity index is 1110. The number of nitrogens with zero attached hydrogens (tertiary/aromatic N) is 4. The van der Waals surface area contributed by atoms with Gasteiger partial charge in [-0.3, -0.25) is 19.5 Å². The van der Waals surface area contributed by atoms with Crippen LogP contribution in [-0.2, 0) is 19.5 Å². The first-order chi connectivity index (χ1) is 15.2. The number of carbonyl (C=O) groups excluding carboxylic acids is 1. The van der Waals surface area contributed by atoms with Crippen LogP contribution in [-0.4, -0.2) is 43.7 Å². The number of aromatic amines is 1. The molecule has 0 aliphatic carbocycles. The maximum Gasteiger partial charge on any atom is 0.273 e. The quantitative estimate of drug-likeness (QED) is 0.681. The number of likely N-dealkylation sites (tertiary alicyclic amines) is 1. The molecule has 1 saturated heterocycles.